The lowest BCUT2D eigenvalue weighted by Gasteiger charge is -2.36. The largest absolute Gasteiger partial charge is 0.472 e. The minimum absolute atomic E-state index is 0.712. The Morgan fingerprint density at radius 2 is 0.923 bits per heavy atom. The van der Waals surface area contributed by atoms with Gasteiger partial charge >= 0.3 is 0 Å². The third-order valence-electron chi connectivity index (χ3n) is 4.48. The lowest BCUT2D eigenvalue weighted by atomic mass is 9.80. The Morgan fingerprint density at radius 1 is 0.500 bits per heavy atom. The second-order valence-corrected chi connectivity index (χ2v) is 6.11. The molecule has 1 radical (unpaired) electrons. The van der Waals surface area contributed by atoms with E-state index in [2.05, 4.69) is 42.5 Å². The summed E-state index contributed by atoms with van der Waals surface area (Å²) in [4.78, 5) is 0. The van der Waals surface area contributed by atoms with Crippen molar-refractivity contribution in [3.05, 3.63) is 138 Å². The monoisotopic (exact) mass is 335 g/mol. The molecular weight excluding hydrogens is 316 g/mol. The van der Waals surface area contributed by atoms with Crippen molar-refractivity contribution in [3.8, 4) is 5.75 Å². The Morgan fingerprint density at radius 3 is 1.31 bits per heavy atom. The van der Waals surface area contributed by atoms with E-state index in [9.17, 15) is 0 Å². The van der Waals surface area contributed by atoms with E-state index in [4.69, 9.17) is 4.74 Å². The quantitative estimate of drug-likeness (QED) is 0.415. The van der Waals surface area contributed by atoms with Crippen LogP contribution in [0.2, 0.25) is 0 Å². The number of hydrogen-bond acceptors (Lipinski definition) is 1. The summed E-state index contributed by atoms with van der Waals surface area (Å²) in [7, 11) is 0. The van der Waals surface area contributed by atoms with Crippen molar-refractivity contribution in [1.29, 1.82) is 0 Å². The van der Waals surface area contributed by atoms with Gasteiger partial charge in [-0.2, -0.15) is 0 Å². The van der Waals surface area contributed by atoms with Gasteiger partial charge in [-0.05, 0) is 6.07 Å². The molecular formula is C25H19O. The first-order valence-electron chi connectivity index (χ1n) is 8.72. The maximum atomic E-state index is 6.70. The first-order valence-corrected chi connectivity index (χ1v) is 8.72. The van der Waals surface area contributed by atoms with Crippen LogP contribution in [0.25, 0.3) is 0 Å². The van der Waals surface area contributed by atoms with Gasteiger partial charge in [0.15, 0.2) is 5.60 Å². The van der Waals surface area contributed by atoms with Crippen LogP contribution in [-0.2, 0) is 5.60 Å². The SMILES string of the molecule is [c]1ccccc1OC(c1ccccc1)(c1ccccc1)c1ccccc1. The highest BCUT2D eigenvalue weighted by molar-refractivity contribution is 5.49. The van der Waals surface area contributed by atoms with Gasteiger partial charge < -0.3 is 4.74 Å². The summed E-state index contributed by atoms with van der Waals surface area (Å²) < 4.78 is 6.70. The Balaban J connectivity index is 2.00. The third kappa shape index (κ3) is 3.00. The highest BCUT2D eigenvalue weighted by atomic mass is 16.5. The zero-order valence-electron chi connectivity index (χ0n) is 14.4. The maximum Gasteiger partial charge on any atom is 0.184 e. The second-order valence-electron chi connectivity index (χ2n) is 6.11. The highest BCUT2D eigenvalue weighted by Gasteiger charge is 2.38. The van der Waals surface area contributed by atoms with Crippen molar-refractivity contribution in [3.63, 3.8) is 0 Å². The predicted molar refractivity (Wildman–Crippen MR) is 105 cm³/mol. The molecule has 0 aliphatic rings. The van der Waals surface area contributed by atoms with Crippen LogP contribution >= 0.6 is 0 Å². The fourth-order valence-electron chi connectivity index (χ4n) is 3.30. The molecule has 0 aliphatic carbocycles. The molecule has 0 spiro atoms. The van der Waals surface area contributed by atoms with Crippen molar-refractivity contribution < 1.29 is 4.74 Å². The molecule has 0 fully saturated rings. The lowest BCUT2D eigenvalue weighted by Crippen LogP contribution is -2.36. The zero-order valence-corrected chi connectivity index (χ0v) is 14.4. The highest BCUT2D eigenvalue weighted by Crippen LogP contribution is 2.40. The molecule has 4 rings (SSSR count). The molecule has 0 aromatic heterocycles. The average Bonchev–Trinajstić information content (AvgIpc) is 2.75. The van der Waals surface area contributed by atoms with Gasteiger partial charge in [-0.3, -0.25) is 0 Å². The summed E-state index contributed by atoms with van der Waals surface area (Å²) in [5.41, 5.74) is 2.49. The van der Waals surface area contributed by atoms with E-state index in [0.717, 1.165) is 16.7 Å². The van der Waals surface area contributed by atoms with Crippen molar-refractivity contribution in [1.82, 2.24) is 0 Å². The van der Waals surface area contributed by atoms with Gasteiger partial charge in [-0.1, -0.05) is 109 Å². The fourth-order valence-corrected chi connectivity index (χ4v) is 3.30. The van der Waals surface area contributed by atoms with Gasteiger partial charge in [-0.15, -0.1) is 0 Å². The van der Waals surface area contributed by atoms with E-state index in [1.54, 1.807) is 0 Å². The first kappa shape index (κ1) is 16.2. The molecule has 0 saturated heterocycles. The summed E-state index contributed by atoms with van der Waals surface area (Å²) in [5.74, 6) is 0.712. The smallest absolute Gasteiger partial charge is 0.184 e. The number of ether oxygens (including phenoxy) is 1. The second kappa shape index (κ2) is 7.28. The molecule has 1 nitrogen and oxygen atoms in total. The number of benzene rings is 4. The van der Waals surface area contributed by atoms with Gasteiger partial charge in [-0.25, -0.2) is 0 Å². The molecule has 0 bridgehead atoms. The van der Waals surface area contributed by atoms with Crippen LogP contribution in [0, 0.1) is 6.07 Å². The van der Waals surface area contributed by atoms with Crippen LogP contribution in [0.3, 0.4) is 0 Å². The van der Waals surface area contributed by atoms with E-state index >= 15 is 0 Å². The van der Waals surface area contributed by atoms with Crippen LogP contribution in [0.1, 0.15) is 16.7 Å². The molecule has 0 saturated carbocycles. The fraction of sp³-hybridized carbons (Fsp3) is 0.0400. The maximum absolute atomic E-state index is 6.70. The standard InChI is InChI=1S/C25H19O/c1-5-13-21(14-6-1)25(22-15-7-2-8-16-22,23-17-9-3-10-18-23)26-24-19-11-4-12-20-24/h1-19H. The topological polar surface area (TPSA) is 9.23 Å². The van der Waals surface area contributed by atoms with Gasteiger partial charge in [0.05, 0.1) is 0 Å². The Bertz CT molecular complexity index is 836. The van der Waals surface area contributed by atoms with Crippen LogP contribution in [0.5, 0.6) is 5.75 Å². The van der Waals surface area contributed by atoms with Gasteiger partial charge in [0.25, 0.3) is 0 Å². The minimum Gasteiger partial charge on any atom is -0.472 e. The average molecular weight is 335 g/mol. The Hall–Kier alpha value is -3.32. The van der Waals surface area contributed by atoms with E-state index in [1.807, 2.05) is 78.9 Å². The molecule has 0 aliphatic heterocycles. The predicted octanol–water partition coefficient (Wildman–Crippen LogP) is 5.86. The molecule has 0 N–H and O–H groups in total. The summed E-state index contributed by atoms with van der Waals surface area (Å²) in [6.07, 6.45) is 0. The van der Waals surface area contributed by atoms with Crippen LogP contribution in [0.15, 0.2) is 115 Å². The van der Waals surface area contributed by atoms with Gasteiger partial charge in [0.2, 0.25) is 0 Å². The first-order chi connectivity index (χ1) is 12.9. The zero-order chi connectivity index (χ0) is 17.7. The van der Waals surface area contributed by atoms with Crippen LogP contribution in [0.4, 0.5) is 0 Å². The molecule has 1 heteroatoms. The molecule has 26 heavy (non-hydrogen) atoms. The summed E-state index contributed by atoms with van der Waals surface area (Å²) in [6.45, 7) is 0. The van der Waals surface area contributed by atoms with Crippen molar-refractivity contribution >= 4 is 0 Å². The molecule has 0 unspecified atom stereocenters. The van der Waals surface area contributed by atoms with Gasteiger partial charge in [0, 0.05) is 22.8 Å². The molecule has 4 aromatic carbocycles. The summed E-state index contributed by atoms with van der Waals surface area (Å²) in [5, 5.41) is 0. The summed E-state index contributed by atoms with van der Waals surface area (Å²) in [6, 6.07) is 42.0. The molecule has 0 heterocycles. The molecule has 4 aromatic rings. The minimum atomic E-state index is -0.748. The van der Waals surface area contributed by atoms with Crippen molar-refractivity contribution in [2.75, 3.05) is 0 Å². The van der Waals surface area contributed by atoms with E-state index < -0.39 is 5.60 Å². The molecule has 0 atom stereocenters. The van der Waals surface area contributed by atoms with Crippen molar-refractivity contribution in [2.45, 2.75) is 5.60 Å². The normalized spacial score (nSPS) is 11.1. The van der Waals surface area contributed by atoms with E-state index in [0.29, 0.717) is 5.75 Å². The van der Waals surface area contributed by atoms with E-state index in [1.165, 1.54) is 0 Å². The number of para-hydroxylation sites is 1. The Kier molecular flexibility index (Phi) is 4.53. The third-order valence-corrected chi connectivity index (χ3v) is 4.48. The molecule has 125 valence electrons. The van der Waals surface area contributed by atoms with Crippen LogP contribution < -0.4 is 4.74 Å². The summed E-state index contributed by atoms with van der Waals surface area (Å²) >= 11 is 0. The van der Waals surface area contributed by atoms with E-state index in [-0.39, 0.29) is 0 Å². The number of rotatable bonds is 5. The lowest BCUT2D eigenvalue weighted by molar-refractivity contribution is 0.155. The Labute approximate surface area is 154 Å². The van der Waals surface area contributed by atoms with Crippen molar-refractivity contribution in [2.24, 2.45) is 0 Å². The number of hydrogen-bond donors (Lipinski definition) is 0. The van der Waals surface area contributed by atoms with Crippen LogP contribution in [-0.4, -0.2) is 0 Å². The molecule has 0 amide bonds. The van der Waals surface area contributed by atoms with Gasteiger partial charge in [0.1, 0.15) is 5.75 Å².